The minimum Gasteiger partial charge on any atom is -0.324 e. The van der Waals surface area contributed by atoms with E-state index < -0.39 is 10.0 Å². The van der Waals surface area contributed by atoms with Gasteiger partial charge in [-0.05, 0) is 48.9 Å². The Kier molecular flexibility index (Phi) is 4.17. The van der Waals surface area contributed by atoms with E-state index in [1.807, 2.05) is 13.0 Å². The largest absolute Gasteiger partial charge is 0.324 e. The zero-order chi connectivity index (χ0) is 14.8. The summed E-state index contributed by atoms with van der Waals surface area (Å²) in [4.78, 5) is 0.133. The molecule has 20 heavy (non-hydrogen) atoms. The normalized spacial score (nSPS) is 11.2. The van der Waals surface area contributed by atoms with Crippen LogP contribution in [0.2, 0.25) is 5.02 Å². The molecular weight excluding hydrogens is 298 g/mol. The Morgan fingerprint density at radius 2 is 1.75 bits per heavy atom. The van der Waals surface area contributed by atoms with Crippen LogP contribution >= 0.6 is 11.6 Å². The maximum Gasteiger partial charge on any atom is 0.261 e. The second-order valence-electron chi connectivity index (χ2n) is 4.26. The number of rotatable bonds is 4. The number of hydrazine groups is 1. The van der Waals surface area contributed by atoms with Crippen LogP contribution in [-0.2, 0) is 10.0 Å². The number of nitrogen functional groups attached to an aromatic ring is 1. The molecule has 0 radical (unpaired) electrons. The van der Waals surface area contributed by atoms with E-state index in [9.17, 15) is 8.42 Å². The maximum atomic E-state index is 12.2. The first-order valence-corrected chi connectivity index (χ1v) is 7.64. The second kappa shape index (κ2) is 5.70. The summed E-state index contributed by atoms with van der Waals surface area (Å²) in [5.41, 5.74) is 4.32. The molecule has 0 saturated heterocycles. The molecule has 0 aliphatic rings. The fraction of sp³-hybridized carbons (Fsp3) is 0.0769. The summed E-state index contributed by atoms with van der Waals surface area (Å²) in [5.74, 6) is 5.24. The molecule has 0 spiro atoms. The number of nitrogens with one attached hydrogen (secondary N) is 2. The third-order valence-electron chi connectivity index (χ3n) is 2.70. The highest BCUT2D eigenvalue weighted by Crippen LogP contribution is 2.25. The van der Waals surface area contributed by atoms with E-state index in [1.165, 1.54) is 12.1 Å². The van der Waals surface area contributed by atoms with Crippen LogP contribution < -0.4 is 16.0 Å². The molecule has 7 heteroatoms. The van der Waals surface area contributed by atoms with Gasteiger partial charge in [0, 0.05) is 5.69 Å². The molecule has 0 fully saturated rings. The van der Waals surface area contributed by atoms with Gasteiger partial charge in [0.05, 0.1) is 15.6 Å². The molecule has 5 nitrogen and oxygen atoms in total. The Labute approximate surface area is 122 Å². The second-order valence-corrected chi connectivity index (χ2v) is 6.35. The van der Waals surface area contributed by atoms with Crippen molar-refractivity contribution in [3.05, 3.63) is 53.1 Å². The number of anilines is 2. The van der Waals surface area contributed by atoms with E-state index in [2.05, 4.69) is 10.1 Å². The highest BCUT2D eigenvalue weighted by atomic mass is 35.5. The van der Waals surface area contributed by atoms with Gasteiger partial charge in [-0.25, -0.2) is 8.42 Å². The number of aryl methyl sites for hydroxylation is 1. The van der Waals surface area contributed by atoms with E-state index in [0.717, 1.165) is 5.56 Å². The third-order valence-corrected chi connectivity index (χ3v) is 4.41. The van der Waals surface area contributed by atoms with Gasteiger partial charge in [0.2, 0.25) is 0 Å². The molecule has 0 atom stereocenters. The van der Waals surface area contributed by atoms with Crippen LogP contribution in [0.5, 0.6) is 0 Å². The van der Waals surface area contributed by atoms with Gasteiger partial charge in [-0.2, -0.15) is 0 Å². The average Bonchev–Trinajstić information content (AvgIpc) is 2.43. The van der Waals surface area contributed by atoms with Crippen molar-refractivity contribution in [3.8, 4) is 0 Å². The van der Waals surface area contributed by atoms with Crippen LogP contribution in [0.3, 0.4) is 0 Å². The molecule has 2 aromatic rings. The molecule has 0 unspecified atom stereocenters. The number of hydrogen-bond acceptors (Lipinski definition) is 4. The molecule has 106 valence electrons. The molecule has 0 saturated carbocycles. The van der Waals surface area contributed by atoms with Crippen LogP contribution in [0.1, 0.15) is 5.56 Å². The molecule has 0 aliphatic heterocycles. The van der Waals surface area contributed by atoms with Crippen molar-refractivity contribution >= 4 is 33.0 Å². The first-order valence-electron chi connectivity index (χ1n) is 5.78. The van der Waals surface area contributed by atoms with Crippen molar-refractivity contribution in [1.82, 2.24) is 0 Å². The number of halogens is 1. The van der Waals surface area contributed by atoms with Gasteiger partial charge in [0.25, 0.3) is 10.0 Å². The Hall–Kier alpha value is -1.76. The zero-order valence-electron chi connectivity index (χ0n) is 10.7. The van der Waals surface area contributed by atoms with E-state index in [1.54, 1.807) is 24.3 Å². The molecule has 2 aromatic carbocycles. The first-order chi connectivity index (χ1) is 9.42. The van der Waals surface area contributed by atoms with Crippen LogP contribution in [0.25, 0.3) is 0 Å². The first kappa shape index (κ1) is 14.6. The summed E-state index contributed by atoms with van der Waals surface area (Å²) in [6.45, 7) is 1.86. The SMILES string of the molecule is Cc1ccc(Cl)c(NS(=O)(=O)c2ccc(NN)cc2)c1. The van der Waals surface area contributed by atoms with Gasteiger partial charge in [0.1, 0.15) is 0 Å². The van der Waals surface area contributed by atoms with E-state index in [0.29, 0.717) is 16.4 Å². The number of sulfonamides is 1. The van der Waals surface area contributed by atoms with Gasteiger partial charge in [-0.1, -0.05) is 17.7 Å². The van der Waals surface area contributed by atoms with Gasteiger partial charge < -0.3 is 5.43 Å². The molecule has 0 heterocycles. The Morgan fingerprint density at radius 1 is 1.10 bits per heavy atom. The van der Waals surface area contributed by atoms with E-state index >= 15 is 0 Å². The predicted octanol–water partition coefficient (Wildman–Crippen LogP) is 2.73. The molecule has 0 aliphatic carbocycles. The predicted molar refractivity (Wildman–Crippen MR) is 81.2 cm³/mol. The Bertz CT molecular complexity index is 715. The van der Waals surface area contributed by atoms with Crippen molar-refractivity contribution in [2.75, 3.05) is 10.1 Å². The Balaban J connectivity index is 2.32. The minimum absolute atomic E-state index is 0.133. The van der Waals surface area contributed by atoms with Crippen LogP contribution in [0.15, 0.2) is 47.4 Å². The summed E-state index contributed by atoms with van der Waals surface area (Å²) in [6.07, 6.45) is 0. The number of hydrogen-bond donors (Lipinski definition) is 3. The van der Waals surface area contributed by atoms with Crippen molar-refractivity contribution in [1.29, 1.82) is 0 Å². The van der Waals surface area contributed by atoms with E-state index in [4.69, 9.17) is 17.4 Å². The fourth-order valence-electron chi connectivity index (χ4n) is 1.65. The quantitative estimate of drug-likeness (QED) is 0.599. The lowest BCUT2D eigenvalue weighted by atomic mass is 10.2. The zero-order valence-corrected chi connectivity index (χ0v) is 12.3. The fourth-order valence-corrected chi connectivity index (χ4v) is 2.94. The smallest absolute Gasteiger partial charge is 0.261 e. The lowest BCUT2D eigenvalue weighted by Crippen LogP contribution is -2.14. The lowest BCUT2D eigenvalue weighted by molar-refractivity contribution is 0.601. The lowest BCUT2D eigenvalue weighted by Gasteiger charge is -2.10. The van der Waals surface area contributed by atoms with Crippen LogP contribution in [0.4, 0.5) is 11.4 Å². The highest BCUT2D eigenvalue weighted by molar-refractivity contribution is 7.92. The summed E-state index contributed by atoms with van der Waals surface area (Å²) in [7, 11) is -3.68. The minimum atomic E-state index is -3.68. The van der Waals surface area contributed by atoms with Gasteiger partial charge in [0.15, 0.2) is 0 Å². The van der Waals surface area contributed by atoms with Gasteiger partial charge >= 0.3 is 0 Å². The molecule has 2 rings (SSSR count). The topological polar surface area (TPSA) is 84.2 Å². The van der Waals surface area contributed by atoms with Crippen LogP contribution in [0, 0.1) is 6.92 Å². The standard InChI is InChI=1S/C13H14ClN3O2S/c1-9-2-7-12(14)13(8-9)17-20(18,19)11-5-3-10(16-15)4-6-11/h2-8,16-17H,15H2,1H3. The molecule has 0 amide bonds. The van der Waals surface area contributed by atoms with Crippen molar-refractivity contribution < 1.29 is 8.42 Å². The number of nitrogens with two attached hydrogens (primary N) is 1. The summed E-state index contributed by atoms with van der Waals surface area (Å²) < 4.78 is 27.0. The molecular formula is C13H14ClN3O2S. The summed E-state index contributed by atoms with van der Waals surface area (Å²) >= 11 is 5.98. The molecule has 4 N–H and O–H groups in total. The molecule has 0 bridgehead atoms. The van der Waals surface area contributed by atoms with Crippen molar-refractivity contribution in [2.24, 2.45) is 5.84 Å². The molecule has 0 aromatic heterocycles. The monoisotopic (exact) mass is 311 g/mol. The van der Waals surface area contributed by atoms with E-state index in [-0.39, 0.29) is 4.90 Å². The van der Waals surface area contributed by atoms with Crippen molar-refractivity contribution in [2.45, 2.75) is 11.8 Å². The maximum absolute atomic E-state index is 12.2. The average molecular weight is 312 g/mol. The number of benzene rings is 2. The summed E-state index contributed by atoms with van der Waals surface area (Å²) in [6, 6.07) is 11.2. The van der Waals surface area contributed by atoms with Crippen molar-refractivity contribution in [3.63, 3.8) is 0 Å². The van der Waals surface area contributed by atoms with Crippen LogP contribution in [-0.4, -0.2) is 8.42 Å². The van der Waals surface area contributed by atoms with Gasteiger partial charge in [-0.3, -0.25) is 10.6 Å². The highest BCUT2D eigenvalue weighted by Gasteiger charge is 2.15. The Morgan fingerprint density at radius 3 is 2.35 bits per heavy atom. The van der Waals surface area contributed by atoms with Gasteiger partial charge in [-0.15, -0.1) is 0 Å². The third kappa shape index (κ3) is 3.22. The summed E-state index contributed by atoms with van der Waals surface area (Å²) in [5, 5.41) is 0.347.